The van der Waals surface area contributed by atoms with E-state index in [1.165, 1.54) is 12.8 Å². The van der Waals surface area contributed by atoms with Crippen molar-refractivity contribution in [1.82, 2.24) is 20.9 Å². The third-order valence-corrected chi connectivity index (χ3v) is 12.0. The van der Waals surface area contributed by atoms with Gasteiger partial charge in [-0.25, -0.2) is 4.79 Å². The number of carbonyl (C=O) groups is 3. The highest BCUT2D eigenvalue weighted by atomic mass is 16.7. The molecule has 0 aromatic rings. The van der Waals surface area contributed by atoms with Crippen LogP contribution in [0.15, 0.2) is 0 Å². The number of alkyl carbamates (subject to hydrolysis) is 1. The molecule has 1 amide bonds. The molecule has 13 nitrogen and oxygen atoms in total. The lowest BCUT2D eigenvalue weighted by atomic mass is 9.70. The highest BCUT2D eigenvalue weighted by Crippen LogP contribution is 2.43. The molecule has 0 radical (unpaired) electrons. The fourth-order valence-electron chi connectivity index (χ4n) is 8.68. The Balaban J connectivity index is 1.48. The van der Waals surface area contributed by atoms with Crippen molar-refractivity contribution in [2.75, 3.05) is 40.3 Å². The molecule has 6 rings (SSSR count). The molecule has 2 bridgehead atoms. The number of ether oxygens (including phenoxy) is 5. The van der Waals surface area contributed by atoms with Crippen molar-refractivity contribution in [3.63, 3.8) is 0 Å². The molecular formula is C36H62N4O9. The standard InChI is InChI=1S/C36H62N4O9/c1-10-26-36(7)28(39-33(44)49-36)22(4)38-17-20(2)16-35(6)30(21(3)29(42)34(5,13-14-45-35)32(43)47-26)48-31-27(41)25(40(8)9)15-24(46-31)19-37-18-23-11-12-23/h20-28,30-31,37-38,41H,10-19H2,1-9H3,(H,39,44)/t20-,21+,22-,24+,25+,26-,27-,28-,30-,31+,34+,35+,36-/m1/s1. The van der Waals surface area contributed by atoms with Gasteiger partial charge in [0.25, 0.3) is 0 Å². The molecule has 13 heteroatoms. The predicted molar refractivity (Wildman–Crippen MR) is 182 cm³/mol. The first-order valence-electron chi connectivity index (χ1n) is 18.5. The maximum Gasteiger partial charge on any atom is 0.408 e. The summed E-state index contributed by atoms with van der Waals surface area (Å²) < 4.78 is 32.0. The van der Waals surface area contributed by atoms with E-state index in [0.717, 1.165) is 12.5 Å². The van der Waals surface area contributed by atoms with E-state index in [1.54, 1.807) is 20.8 Å². The quantitative estimate of drug-likeness (QED) is 0.218. The Morgan fingerprint density at radius 3 is 2.45 bits per heavy atom. The van der Waals surface area contributed by atoms with Crippen LogP contribution in [0.2, 0.25) is 0 Å². The SMILES string of the molecule is CC[C@H]1OC(=O)[C@@]2(C)CCO[C@@](C)(C[C@@H](C)CN[C@H](C)[C@H]3NC(=O)O[C@@]31C)[C@H](O[C@@H]1O[C@H](CNCC3CC3)C[C@H](N(C)C)[C@H]1O)[C@@H](C)C2=O. The van der Waals surface area contributed by atoms with E-state index in [4.69, 9.17) is 23.7 Å². The van der Waals surface area contributed by atoms with Crippen molar-refractivity contribution >= 4 is 17.8 Å². The first-order valence-corrected chi connectivity index (χ1v) is 18.5. The van der Waals surface area contributed by atoms with Crippen LogP contribution in [-0.2, 0) is 33.3 Å². The van der Waals surface area contributed by atoms with Gasteiger partial charge in [-0.2, -0.15) is 0 Å². The first kappa shape index (κ1) is 38.4. The summed E-state index contributed by atoms with van der Waals surface area (Å²) in [6.07, 6.45) is -0.276. The van der Waals surface area contributed by atoms with E-state index in [0.29, 0.717) is 32.4 Å². The van der Waals surface area contributed by atoms with E-state index in [-0.39, 0.29) is 42.9 Å². The molecule has 5 heterocycles. The topological polar surface area (TPSA) is 157 Å². The zero-order valence-corrected chi connectivity index (χ0v) is 31.1. The number of aliphatic hydroxyl groups excluding tert-OH is 1. The zero-order valence-electron chi connectivity index (χ0n) is 31.1. The molecule has 5 aliphatic heterocycles. The van der Waals surface area contributed by atoms with Crippen LogP contribution >= 0.6 is 0 Å². The minimum Gasteiger partial charge on any atom is -0.457 e. The second-order valence-corrected chi connectivity index (χ2v) is 16.4. The number of aliphatic hydroxyl groups is 1. The fraction of sp³-hybridized carbons (Fsp3) is 0.917. The highest BCUT2D eigenvalue weighted by Gasteiger charge is 2.58. The minimum atomic E-state index is -1.55. The van der Waals surface area contributed by atoms with Crippen LogP contribution in [0, 0.1) is 23.2 Å². The molecule has 0 unspecified atom stereocenters. The van der Waals surface area contributed by atoms with Gasteiger partial charge in [0, 0.05) is 31.2 Å². The summed E-state index contributed by atoms with van der Waals surface area (Å²) in [5.41, 5.74) is -3.68. The van der Waals surface area contributed by atoms with Crippen LogP contribution in [-0.4, -0.2) is 128 Å². The number of nitrogens with one attached hydrogen (secondary N) is 3. The number of amides is 1. The van der Waals surface area contributed by atoms with Gasteiger partial charge >= 0.3 is 12.1 Å². The average Bonchev–Trinajstić information content (AvgIpc) is 3.81. The molecule has 1 aliphatic carbocycles. The average molecular weight is 695 g/mol. The fourth-order valence-corrected chi connectivity index (χ4v) is 8.68. The number of Topliss-reactive ketones (excluding diaryl/α,β-unsaturated/α-hetero) is 1. The normalized spacial score (nSPS) is 45.5. The molecular weight excluding hydrogens is 632 g/mol. The van der Waals surface area contributed by atoms with Crippen LogP contribution in [0.5, 0.6) is 0 Å². The number of esters is 1. The highest BCUT2D eigenvalue weighted by molar-refractivity contribution is 6.04. The molecule has 0 aromatic heterocycles. The van der Waals surface area contributed by atoms with Crippen LogP contribution in [0.1, 0.15) is 87.0 Å². The molecule has 4 N–H and O–H groups in total. The molecule has 6 fully saturated rings. The summed E-state index contributed by atoms with van der Waals surface area (Å²) in [5.74, 6) is -1.05. The number of likely N-dealkylation sites (N-methyl/N-ethyl adjacent to an activating group) is 1. The number of fused-ring (bicyclic) bond motifs is 10. The second kappa shape index (κ2) is 15.0. The van der Waals surface area contributed by atoms with Crippen molar-refractivity contribution in [3.05, 3.63) is 0 Å². The lowest BCUT2D eigenvalue weighted by molar-refractivity contribution is -0.301. The molecule has 5 saturated heterocycles. The van der Waals surface area contributed by atoms with E-state index >= 15 is 0 Å². The summed E-state index contributed by atoms with van der Waals surface area (Å²) in [6, 6.07) is -0.937. The summed E-state index contributed by atoms with van der Waals surface area (Å²) in [6.45, 7) is 15.4. The van der Waals surface area contributed by atoms with Gasteiger partial charge in [0.05, 0.1) is 23.9 Å². The van der Waals surface area contributed by atoms with Crippen molar-refractivity contribution in [2.45, 2.75) is 147 Å². The summed E-state index contributed by atoms with van der Waals surface area (Å²) in [7, 11) is 3.88. The molecule has 13 atom stereocenters. The van der Waals surface area contributed by atoms with Gasteiger partial charge in [0.2, 0.25) is 0 Å². The second-order valence-electron chi connectivity index (χ2n) is 16.4. The van der Waals surface area contributed by atoms with Crippen molar-refractivity contribution < 1.29 is 43.2 Å². The van der Waals surface area contributed by atoms with Crippen LogP contribution in [0.3, 0.4) is 0 Å². The van der Waals surface area contributed by atoms with Crippen molar-refractivity contribution in [1.29, 1.82) is 0 Å². The Labute approximate surface area is 292 Å². The number of rotatable bonds is 8. The first-order chi connectivity index (χ1) is 23.0. The largest absolute Gasteiger partial charge is 0.457 e. The van der Waals surface area contributed by atoms with E-state index in [1.807, 2.05) is 39.8 Å². The Hall–Kier alpha value is -1.87. The number of carbonyl (C=O) groups excluding carboxylic acids is 3. The van der Waals surface area contributed by atoms with Gasteiger partial charge in [-0.3, -0.25) is 9.59 Å². The van der Waals surface area contributed by atoms with Gasteiger partial charge in [-0.05, 0) is 105 Å². The maximum atomic E-state index is 14.7. The van der Waals surface area contributed by atoms with Crippen molar-refractivity contribution in [2.24, 2.45) is 23.2 Å². The van der Waals surface area contributed by atoms with E-state index in [9.17, 15) is 19.5 Å². The molecule has 0 aromatic carbocycles. The number of ketones is 1. The summed E-state index contributed by atoms with van der Waals surface area (Å²) >= 11 is 0. The minimum absolute atomic E-state index is 0.0482. The van der Waals surface area contributed by atoms with Crippen molar-refractivity contribution in [3.8, 4) is 0 Å². The summed E-state index contributed by atoms with van der Waals surface area (Å²) in [5, 5.41) is 21.7. The van der Waals surface area contributed by atoms with Crippen LogP contribution < -0.4 is 16.0 Å². The van der Waals surface area contributed by atoms with Gasteiger partial charge in [-0.15, -0.1) is 0 Å². The maximum absolute atomic E-state index is 14.7. The molecule has 49 heavy (non-hydrogen) atoms. The Morgan fingerprint density at radius 1 is 1.08 bits per heavy atom. The third-order valence-electron chi connectivity index (χ3n) is 12.0. The predicted octanol–water partition coefficient (Wildman–Crippen LogP) is 2.37. The van der Waals surface area contributed by atoms with Crippen LogP contribution in [0.25, 0.3) is 0 Å². The number of hydrogen-bond donors (Lipinski definition) is 4. The lowest BCUT2D eigenvalue weighted by Gasteiger charge is -2.49. The molecule has 280 valence electrons. The smallest absolute Gasteiger partial charge is 0.408 e. The lowest BCUT2D eigenvalue weighted by Crippen LogP contribution is -2.62. The van der Waals surface area contributed by atoms with Gasteiger partial charge in [0.15, 0.2) is 17.7 Å². The summed E-state index contributed by atoms with van der Waals surface area (Å²) in [4.78, 5) is 43.5. The van der Waals surface area contributed by atoms with Gasteiger partial charge < -0.3 is 49.6 Å². The van der Waals surface area contributed by atoms with E-state index < -0.39 is 65.2 Å². The van der Waals surface area contributed by atoms with E-state index in [2.05, 4.69) is 22.9 Å². The van der Waals surface area contributed by atoms with Gasteiger partial charge in [0.1, 0.15) is 17.6 Å². The zero-order chi connectivity index (χ0) is 35.9. The number of nitrogens with zero attached hydrogens (tertiary/aromatic N) is 1. The molecule has 6 aliphatic rings. The number of hydrogen-bond acceptors (Lipinski definition) is 12. The Morgan fingerprint density at radius 2 is 1.80 bits per heavy atom. The third kappa shape index (κ3) is 7.98. The molecule has 1 saturated carbocycles. The Bertz CT molecular complexity index is 1200. The van der Waals surface area contributed by atoms with Crippen LogP contribution in [0.4, 0.5) is 4.79 Å². The van der Waals surface area contributed by atoms with Gasteiger partial charge in [-0.1, -0.05) is 20.8 Å². The monoisotopic (exact) mass is 694 g/mol. The molecule has 0 spiro atoms. The Kier molecular flexibility index (Phi) is 11.7.